The first kappa shape index (κ1) is 14.2. The van der Waals surface area contributed by atoms with Gasteiger partial charge in [-0.15, -0.1) is 0 Å². The highest BCUT2D eigenvalue weighted by molar-refractivity contribution is 5.21. The lowest BCUT2D eigenvalue weighted by atomic mass is 10.0. The van der Waals surface area contributed by atoms with Crippen LogP contribution in [0.1, 0.15) is 23.6 Å². The van der Waals surface area contributed by atoms with E-state index in [2.05, 4.69) is 10.00 Å². The van der Waals surface area contributed by atoms with E-state index in [-0.39, 0.29) is 18.0 Å². The van der Waals surface area contributed by atoms with Crippen LogP contribution >= 0.6 is 0 Å². The molecule has 1 aromatic carbocycles. The van der Waals surface area contributed by atoms with Crippen LogP contribution < -0.4 is 0 Å². The number of aryl methyl sites for hydroxylation is 1. The number of hydrogen-bond donors (Lipinski definition) is 1. The van der Waals surface area contributed by atoms with Crippen LogP contribution in [0.5, 0.6) is 0 Å². The molecule has 0 aliphatic carbocycles. The Kier molecular flexibility index (Phi) is 4.03. The van der Waals surface area contributed by atoms with Gasteiger partial charge in [0.2, 0.25) is 0 Å². The second-order valence-electron chi connectivity index (χ2n) is 5.74. The summed E-state index contributed by atoms with van der Waals surface area (Å²) >= 11 is 0. The molecule has 1 N–H and O–H groups in total. The van der Waals surface area contributed by atoms with E-state index >= 15 is 0 Å². The molecule has 3 rings (SSSR count). The van der Waals surface area contributed by atoms with Crippen molar-refractivity contribution in [1.82, 2.24) is 14.7 Å². The van der Waals surface area contributed by atoms with Crippen LogP contribution in [0.4, 0.5) is 4.39 Å². The van der Waals surface area contributed by atoms with E-state index in [0.29, 0.717) is 13.0 Å². The van der Waals surface area contributed by atoms with E-state index < -0.39 is 0 Å². The molecule has 2 atom stereocenters. The second-order valence-corrected chi connectivity index (χ2v) is 5.74. The number of aliphatic hydroxyl groups excluding tert-OH is 1. The number of rotatable bonds is 4. The number of β-amino-alcohol motifs (C(OH)–C–C–N with tert-alkyl or cyclic N) is 1. The van der Waals surface area contributed by atoms with Gasteiger partial charge in [-0.1, -0.05) is 12.1 Å². The minimum absolute atomic E-state index is 0.0763. The van der Waals surface area contributed by atoms with Gasteiger partial charge in [-0.3, -0.25) is 9.58 Å². The van der Waals surface area contributed by atoms with Gasteiger partial charge in [0, 0.05) is 25.3 Å². The van der Waals surface area contributed by atoms with Crippen molar-refractivity contribution in [2.75, 3.05) is 13.1 Å². The van der Waals surface area contributed by atoms with Crippen LogP contribution in [-0.4, -0.2) is 39.0 Å². The lowest BCUT2D eigenvalue weighted by Gasteiger charge is -2.24. The number of aliphatic hydroxyl groups is 1. The molecule has 0 bridgehead atoms. The molecule has 0 amide bonds. The summed E-state index contributed by atoms with van der Waals surface area (Å²) in [5.74, 6) is -0.225. The minimum atomic E-state index is -0.349. The molecular formula is C16H20FN3O. The molecule has 1 saturated heterocycles. The van der Waals surface area contributed by atoms with E-state index in [4.69, 9.17) is 0 Å². The van der Waals surface area contributed by atoms with Crippen molar-refractivity contribution in [1.29, 1.82) is 0 Å². The zero-order chi connectivity index (χ0) is 14.8. The van der Waals surface area contributed by atoms with Gasteiger partial charge in [0.25, 0.3) is 0 Å². The molecule has 21 heavy (non-hydrogen) atoms. The molecule has 2 aromatic rings. The highest BCUT2D eigenvalue weighted by atomic mass is 19.1. The van der Waals surface area contributed by atoms with Gasteiger partial charge in [-0.05, 0) is 36.6 Å². The average Bonchev–Trinajstić information content (AvgIpc) is 3.02. The van der Waals surface area contributed by atoms with Gasteiger partial charge < -0.3 is 5.11 Å². The molecule has 4 nitrogen and oxygen atoms in total. The fourth-order valence-electron chi connectivity index (χ4n) is 3.01. The first-order valence-corrected chi connectivity index (χ1v) is 7.28. The Morgan fingerprint density at radius 1 is 1.38 bits per heavy atom. The summed E-state index contributed by atoms with van der Waals surface area (Å²) in [4.78, 5) is 2.20. The van der Waals surface area contributed by atoms with Gasteiger partial charge >= 0.3 is 0 Å². The molecule has 0 unspecified atom stereocenters. The summed E-state index contributed by atoms with van der Waals surface area (Å²) in [5.41, 5.74) is 2.07. The molecule has 0 radical (unpaired) electrons. The number of likely N-dealkylation sites (tertiary alicyclic amines) is 1. The zero-order valence-electron chi connectivity index (χ0n) is 12.1. The summed E-state index contributed by atoms with van der Waals surface area (Å²) in [6, 6.07) is 6.74. The normalized spacial score (nSPS) is 22.8. The summed E-state index contributed by atoms with van der Waals surface area (Å²) in [7, 11) is 0. The first-order valence-electron chi connectivity index (χ1n) is 7.28. The fraction of sp³-hybridized carbons (Fsp3) is 0.438. The van der Waals surface area contributed by atoms with Gasteiger partial charge in [0.05, 0.1) is 18.8 Å². The summed E-state index contributed by atoms with van der Waals surface area (Å²) < 4.78 is 15.3. The smallest absolute Gasteiger partial charge is 0.123 e. The van der Waals surface area contributed by atoms with E-state index in [1.165, 1.54) is 6.07 Å². The Labute approximate surface area is 123 Å². The Balaban J connectivity index is 1.70. The highest BCUT2D eigenvalue weighted by Crippen LogP contribution is 2.32. The van der Waals surface area contributed by atoms with E-state index in [9.17, 15) is 9.50 Å². The number of hydrogen-bond acceptors (Lipinski definition) is 3. The lowest BCUT2D eigenvalue weighted by Crippen LogP contribution is -2.28. The maximum absolute atomic E-state index is 13.4. The van der Waals surface area contributed by atoms with Gasteiger partial charge in [-0.2, -0.15) is 5.10 Å². The standard InChI is InChI=1S/C16H20FN3O/c1-12-9-18-20(10-12)6-5-19-11-15(21)8-16(19)13-3-2-4-14(17)7-13/h2-4,7,9-10,15-16,21H,5-6,8,11H2,1H3/t15-,16-/m1/s1. The molecule has 0 saturated carbocycles. The molecule has 2 heterocycles. The molecule has 1 fully saturated rings. The van der Waals surface area contributed by atoms with Crippen molar-refractivity contribution < 1.29 is 9.50 Å². The Hall–Kier alpha value is -1.72. The Morgan fingerprint density at radius 3 is 2.95 bits per heavy atom. The number of benzene rings is 1. The molecule has 5 heteroatoms. The molecule has 1 aliphatic rings. The summed E-state index contributed by atoms with van der Waals surface area (Å²) in [6.07, 6.45) is 4.14. The average molecular weight is 289 g/mol. The largest absolute Gasteiger partial charge is 0.392 e. The molecule has 0 spiro atoms. The van der Waals surface area contributed by atoms with Crippen molar-refractivity contribution in [2.24, 2.45) is 0 Å². The molecule has 1 aliphatic heterocycles. The molecule has 112 valence electrons. The van der Waals surface area contributed by atoms with Crippen molar-refractivity contribution >= 4 is 0 Å². The number of nitrogens with zero attached hydrogens (tertiary/aromatic N) is 3. The molecule has 1 aromatic heterocycles. The summed E-state index contributed by atoms with van der Waals surface area (Å²) in [5, 5.41) is 14.2. The van der Waals surface area contributed by atoms with Crippen LogP contribution in [0.3, 0.4) is 0 Å². The maximum atomic E-state index is 13.4. The van der Waals surface area contributed by atoms with Crippen LogP contribution in [0.25, 0.3) is 0 Å². The van der Waals surface area contributed by atoms with Crippen molar-refractivity contribution in [3.05, 3.63) is 53.6 Å². The molecular weight excluding hydrogens is 269 g/mol. The van der Waals surface area contributed by atoms with Crippen LogP contribution in [0.2, 0.25) is 0 Å². The van der Waals surface area contributed by atoms with Gasteiger partial charge in [-0.25, -0.2) is 4.39 Å². The predicted molar refractivity (Wildman–Crippen MR) is 78.3 cm³/mol. The highest BCUT2D eigenvalue weighted by Gasteiger charge is 2.31. The maximum Gasteiger partial charge on any atom is 0.123 e. The second kappa shape index (κ2) is 5.95. The summed E-state index contributed by atoms with van der Waals surface area (Å²) in [6.45, 7) is 4.20. The topological polar surface area (TPSA) is 41.3 Å². The van der Waals surface area contributed by atoms with Gasteiger partial charge in [0.1, 0.15) is 5.82 Å². The Bertz CT molecular complexity index is 613. The third kappa shape index (κ3) is 3.31. The number of halogens is 1. The van der Waals surface area contributed by atoms with Crippen molar-refractivity contribution in [3.63, 3.8) is 0 Å². The monoisotopic (exact) mass is 289 g/mol. The number of aromatic nitrogens is 2. The fourth-order valence-corrected chi connectivity index (χ4v) is 3.01. The quantitative estimate of drug-likeness (QED) is 0.937. The Morgan fingerprint density at radius 2 is 2.24 bits per heavy atom. The van der Waals surface area contributed by atoms with Crippen molar-refractivity contribution in [3.8, 4) is 0 Å². The van der Waals surface area contributed by atoms with Crippen molar-refractivity contribution in [2.45, 2.75) is 32.0 Å². The zero-order valence-corrected chi connectivity index (χ0v) is 12.1. The predicted octanol–water partition coefficient (Wildman–Crippen LogP) is 2.14. The third-order valence-electron chi connectivity index (χ3n) is 3.99. The van der Waals surface area contributed by atoms with Crippen LogP contribution in [0, 0.1) is 12.7 Å². The van der Waals surface area contributed by atoms with E-state index in [0.717, 1.165) is 24.2 Å². The SMILES string of the molecule is Cc1cnn(CCN2C[C@H](O)C[C@@H]2c2cccc(F)c2)c1. The van der Waals surface area contributed by atoms with Crippen LogP contribution in [-0.2, 0) is 6.54 Å². The lowest BCUT2D eigenvalue weighted by molar-refractivity contribution is 0.172. The third-order valence-corrected chi connectivity index (χ3v) is 3.99. The first-order chi connectivity index (χ1) is 10.1. The van der Waals surface area contributed by atoms with E-state index in [1.807, 2.05) is 30.1 Å². The van der Waals surface area contributed by atoms with Crippen LogP contribution in [0.15, 0.2) is 36.7 Å². The minimum Gasteiger partial charge on any atom is -0.392 e. The van der Waals surface area contributed by atoms with E-state index in [1.54, 1.807) is 12.1 Å². The van der Waals surface area contributed by atoms with Gasteiger partial charge in [0.15, 0.2) is 0 Å².